The Morgan fingerprint density at radius 1 is 1.38 bits per heavy atom. The van der Waals surface area contributed by atoms with Gasteiger partial charge in [0.15, 0.2) is 0 Å². The summed E-state index contributed by atoms with van der Waals surface area (Å²) in [6.45, 7) is 1.59. The first kappa shape index (κ1) is 18.2. The Morgan fingerprint density at radius 2 is 2.15 bits per heavy atom. The molecule has 0 unspecified atom stereocenters. The average Bonchev–Trinajstić information content (AvgIpc) is 2.55. The molecule has 1 aliphatic rings. The second-order valence-corrected chi connectivity index (χ2v) is 6.02. The minimum Gasteiger partial charge on any atom is -0.378 e. The molecule has 2 heterocycles. The molecule has 1 aromatic carbocycles. The lowest BCUT2D eigenvalue weighted by atomic mass is 10.1. The number of nitrogens with zero attached hydrogens (tertiary/aromatic N) is 2. The highest BCUT2D eigenvalue weighted by Crippen LogP contribution is 2.22. The molecule has 0 saturated carbocycles. The summed E-state index contributed by atoms with van der Waals surface area (Å²) >= 11 is 0. The van der Waals surface area contributed by atoms with E-state index >= 15 is 0 Å². The number of anilines is 1. The van der Waals surface area contributed by atoms with Crippen molar-refractivity contribution in [2.75, 3.05) is 18.5 Å². The first-order valence-electron chi connectivity index (χ1n) is 8.03. The van der Waals surface area contributed by atoms with Crippen LogP contribution in [0.3, 0.4) is 0 Å². The summed E-state index contributed by atoms with van der Waals surface area (Å²) in [5.41, 5.74) is -1.61. The molecule has 1 saturated heterocycles. The largest absolute Gasteiger partial charge is 0.378 e. The van der Waals surface area contributed by atoms with E-state index in [1.165, 1.54) is 6.07 Å². The van der Waals surface area contributed by atoms with Crippen molar-refractivity contribution < 1.29 is 17.9 Å². The fraction of sp³-hybridized carbons (Fsp3) is 0.438. The Morgan fingerprint density at radius 3 is 2.81 bits per heavy atom. The summed E-state index contributed by atoms with van der Waals surface area (Å²) in [5, 5.41) is 2.68. The zero-order valence-corrected chi connectivity index (χ0v) is 13.8. The maximum Gasteiger partial charge on any atom is 0.355 e. The predicted octanol–water partition coefficient (Wildman–Crippen LogP) is 1.68. The Kier molecular flexibility index (Phi) is 5.12. The molecular weight excluding hydrogens is 353 g/mol. The van der Waals surface area contributed by atoms with E-state index in [4.69, 9.17) is 4.74 Å². The van der Waals surface area contributed by atoms with Crippen molar-refractivity contribution in [3.05, 3.63) is 56.4 Å². The van der Waals surface area contributed by atoms with Crippen molar-refractivity contribution >= 4 is 5.95 Å². The van der Waals surface area contributed by atoms with Crippen molar-refractivity contribution in [1.29, 1.82) is 0 Å². The van der Waals surface area contributed by atoms with E-state index in [2.05, 4.69) is 15.3 Å². The summed E-state index contributed by atoms with van der Waals surface area (Å²) < 4.78 is 46.4. The fourth-order valence-electron chi connectivity index (χ4n) is 2.90. The minimum atomic E-state index is -1.49. The molecule has 2 aromatic rings. The third kappa shape index (κ3) is 3.64. The van der Waals surface area contributed by atoms with Gasteiger partial charge in [-0.15, -0.1) is 0 Å². The molecule has 0 radical (unpaired) electrons. The van der Waals surface area contributed by atoms with Gasteiger partial charge in [-0.3, -0.25) is 4.98 Å². The number of alkyl halides is 1. The quantitative estimate of drug-likeness (QED) is 0.855. The highest BCUT2D eigenvalue weighted by Gasteiger charge is 2.30. The van der Waals surface area contributed by atoms with Crippen LogP contribution in [0.5, 0.6) is 0 Å². The lowest BCUT2D eigenvalue weighted by Crippen LogP contribution is -2.46. The van der Waals surface area contributed by atoms with E-state index in [0.29, 0.717) is 0 Å². The number of aromatic nitrogens is 3. The van der Waals surface area contributed by atoms with Gasteiger partial charge in [0.25, 0.3) is 0 Å². The molecule has 3 rings (SSSR count). The predicted molar refractivity (Wildman–Crippen MR) is 86.9 cm³/mol. The standard InChI is InChI=1S/C16H17F3N4O3/c1-8(10-3-2-9(17)6-11(10)18)20-14-21-15(24)23(16(25)22-14)13-4-5-26-7-12(13)19/h2-3,6,8,12-13H,4-5,7H2,1H3,(H2,20,21,22,24,25)/t8-,12+,13-/m0/s1. The molecule has 26 heavy (non-hydrogen) atoms. The van der Waals surface area contributed by atoms with Crippen LogP contribution in [0.1, 0.15) is 31.0 Å². The molecule has 3 atom stereocenters. The van der Waals surface area contributed by atoms with E-state index in [1.807, 2.05) is 0 Å². The molecule has 2 N–H and O–H groups in total. The molecule has 1 aromatic heterocycles. The van der Waals surface area contributed by atoms with E-state index in [9.17, 15) is 22.8 Å². The van der Waals surface area contributed by atoms with Crippen LogP contribution < -0.4 is 16.7 Å². The van der Waals surface area contributed by atoms with Gasteiger partial charge >= 0.3 is 11.4 Å². The average molecular weight is 370 g/mol. The van der Waals surface area contributed by atoms with E-state index in [-0.39, 0.29) is 31.1 Å². The molecular formula is C16H17F3N4O3. The van der Waals surface area contributed by atoms with Crippen LogP contribution in [0.2, 0.25) is 0 Å². The van der Waals surface area contributed by atoms with Crippen LogP contribution in [0.15, 0.2) is 27.8 Å². The zero-order chi connectivity index (χ0) is 18.8. The first-order valence-corrected chi connectivity index (χ1v) is 8.03. The molecule has 0 bridgehead atoms. The lowest BCUT2D eigenvalue weighted by Gasteiger charge is -2.26. The number of hydrogen-bond acceptors (Lipinski definition) is 5. The molecule has 1 fully saturated rings. The SMILES string of the molecule is C[C@H](Nc1nc(=O)n([C@H]2CCOC[C@H]2F)c(=O)[nH]1)c1ccc(F)cc1F. The second-order valence-electron chi connectivity index (χ2n) is 6.02. The fourth-order valence-corrected chi connectivity index (χ4v) is 2.90. The molecule has 0 amide bonds. The van der Waals surface area contributed by atoms with Gasteiger partial charge < -0.3 is 10.1 Å². The summed E-state index contributed by atoms with van der Waals surface area (Å²) in [7, 11) is 0. The van der Waals surface area contributed by atoms with Crippen molar-refractivity contribution in [3.8, 4) is 0 Å². The van der Waals surface area contributed by atoms with Crippen molar-refractivity contribution in [3.63, 3.8) is 0 Å². The maximum atomic E-state index is 13.9. The monoisotopic (exact) mass is 370 g/mol. The van der Waals surface area contributed by atoms with Crippen LogP contribution in [0.4, 0.5) is 19.1 Å². The lowest BCUT2D eigenvalue weighted by molar-refractivity contribution is 0.000716. The highest BCUT2D eigenvalue weighted by atomic mass is 19.1. The number of aromatic amines is 1. The van der Waals surface area contributed by atoms with Crippen molar-refractivity contribution in [2.24, 2.45) is 0 Å². The third-order valence-corrected chi connectivity index (χ3v) is 4.22. The Bertz CT molecular complexity index is 883. The number of hydrogen-bond donors (Lipinski definition) is 2. The van der Waals surface area contributed by atoms with Gasteiger partial charge in [-0.05, 0) is 19.4 Å². The van der Waals surface area contributed by atoms with Gasteiger partial charge in [0.1, 0.15) is 17.8 Å². The topological polar surface area (TPSA) is 89.0 Å². The summed E-state index contributed by atoms with van der Waals surface area (Å²) in [6, 6.07) is 1.42. The van der Waals surface area contributed by atoms with Crippen molar-refractivity contribution in [1.82, 2.24) is 14.5 Å². The summed E-state index contributed by atoms with van der Waals surface area (Å²) in [6.07, 6.45) is -1.31. The van der Waals surface area contributed by atoms with Gasteiger partial charge in [0.2, 0.25) is 5.95 Å². The van der Waals surface area contributed by atoms with E-state index < -0.39 is 41.3 Å². The van der Waals surface area contributed by atoms with Gasteiger partial charge in [-0.2, -0.15) is 4.98 Å². The zero-order valence-electron chi connectivity index (χ0n) is 13.8. The number of H-pyrrole nitrogens is 1. The Balaban J connectivity index is 1.86. The molecule has 0 aliphatic carbocycles. The molecule has 0 spiro atoms. The molecule has 10 heteroatoms. The first-order chi connectivity index (χ1) is 12.4. The smallest absolute Gasteiger partial charge is 0.355 e. The van der Waals surface area contributed by atoms with Crippen molar-refractivity contribution in [2.45, 2.75) is 31.6 Å². The van der Waals surface area contributed by atoms with E-state index in [0.717, 1.165) is 16.7 Å². The van der Waals surface area contributed by atoms with Gasteiger partial charge in [0.05, 0.1) is 18.7 Å². The number of rotatable bonds is 4. The third-order valence-electron chi connectivity index (χ3n) is 4.22. The maximum absolute atomic E-state index is 13.9. The molecule has 1 aliphatic heterocycles. The van der Waals surface area contributed by atoms with Gasteiger partial charge in [-0.1, -0.05) is 6.07 Å². The van der Waals surface area contributed by atoms with Crippen LogP contribution >= 0.6 is 0 Å². The minimum absolute atomic E-state index is 0.131. The Hall–Kier alpha value is -2.62. The number of benzene rings is 1. The number of ether oxygens (including phenoxy) is 1. The van der Waals surface area contributed by atoms with Gasteiger partial charge in [0, 0.05) is 18.2 Å². The van der Waals surface area contributed by atoms with Crippen LogP contribution in [-0.2, 0) is 4.74 Å². The summed E-state index contributed by atoms with van der Waals surface area (Å²) in [5.74, 6) is -1.68. The molecule has 7 nitrogen and oxygen atoms in total. The Labute approximate surface area is 145 Å². The van der Waals surface area contributed by atoms with Crippen LogP contribution in [0, 0.1) is 11.6 Å². The molecule has 140 valence electrons. The normalized spacial score (nSPS) is 21.4. The van der Waals surface area contributed by atoms with E-state index in [1.54, 1.807) is 6.92 Å². The number of nitrogens with one attached hydrogen (secondary N) is 2. The summed E-state index contributed by atoms with van der Waals surface area (Å²) in [4.78, 5) is 30.5. The second kappa shape index (κ2) is 7.32. The van der Waals surface area contributed by atoms with Gasteiger partial charge in [-0.25, -0.2) is 27.3 Å². The van der Waals surface area contributed by atoms with Crippen LogP contribution in [-0.4, -0.2) is 33.9 Å². The highest BCUT2D eigenvalue weighted by molar-refractivity contribution is 5.31. The number of halogens is 3. The van der Waals surface area contributed by atoms with Crippen LogP contribution in [0.25, 0.3) is 0 Å².